The second-order valence-corrected chi connectivity index (χ2v) is 6.90. The molecule has 1 amide bonds. The van der Waals surface area contributed by atoms with Crippen LogP contribution < -0.4 is 10.1 Å². The lowest BCUT2D eigenvalue weighted by Gasteiger charge is -2.21. The SMILES string of the molecule is Cc1cc(Cl)ccc1O[C@H](C)C(=O)N[C@@H](C)c1cccc2ccccc12. The van der Waals surface area contributed by atoms with E-state index in [1.54, 1.807) is 19.1 Å². The Morgan fingerprint density at radius 1 is 1.04 bits per heavy atom. The van der Waals surface area contributed by atoms with Crippen LogP contribution in [0.4, 0.5) is 0 Å². The lowest BCUT2D eigenvalue weighted by Crippen LogP contribution is -2.37. The van der Waals surface area contributed by atoms with E-state index >= 15 is 0 Å². The van der Waals surface area contributed by atoms with Gasteiger partial charge in [-0.1, -0.05) is 54.1 Å². The first kappa shape index (κ1) is 18.3. The topological polar surface area (TPSA) is 38.3 Å². The predicted molar refractivity (Wildman–Crippen MR) is 107 cm³/mol. The molecule has 0 fully saturated rings. The number of aryl methyl sites for hydroxylation is 1. The Hall–Kier alpha value is -2.52. The fraction of sp³-hybridized carbons (Fsp3) is 0.227. The molecule has 134 valence electrons. The summed E-state index contributed by atoms with van der Waals surface area (Å²) in [6, 6.07) is 19.5. The Morgan fingerprint density at radius 3 is 2.54 bits per heavy atom. The standard InChI is InChI=1S/C22H22ClNO2/c1-14-13-18(23)11-12-21(14)26-16(3)22(25)24-15(2)19-10-6-8-17-7-4-5-9-20(17)19/h4-13,15-16H,1-3H3,(H,24,25)/t15-,16+/m0/s1. The van der Waals surface area contributed by atoms with Gasteiger partial charge in [-0.05, 0) is 60.9 Å². The highest BCUT2D eigenvalue weighted by Gasteiger charge is 2.19. The molecule has 3 aromatic carbocycles. The van der Waals surface area contributed by atoms with Crippen LogP contribution in [0.2, 0.25) is 5.02 Å². The molecule has 26 heavy (non-hydrogen) atoms. The number of rotatable bonds is 5. The molecule has 0 aliphatic heterocycles. The third-order valence-electron chi connectivity index (χ3n) is 4.46. The van der Waals surface area contributed by atoms with E-state index in [1.165, 1.54) is 0 Å². The van der Waals surface area contributed by atoms with Crippen molar-refractivity contribution in [2.75, 3.05) is 0 Å². The van der Waals surface area contributed by atoms with Crippen LogP contribution in [0.5, 0.6) is 5.75 Å². The molecule has 2 atom stereocenters. The number of hydrogen-bond donors (Lipinski definition) is 1. The van der Waals surface area contributed by atoms with Gasteiger partial charge in [0.2, 0.25) is 0 Å². The van der Waals surface area contributed by atoms with Crippen molar-refractivity contribution in [1.82, 2.24) is 5.32 Å². The number of fused-ring (bicyclic) bond motifs is 1. The van der Waals surface area contributed by atoms with Crippen molar-refractivity contribution in [2.45, 2.75) is 32.9 Å². The number of halogens is 1. The Balaban J connectivity index is 1.72. The zero-order valence-electron chi connectivity index (χ0n) is 15.1. The third-order valence-corrected chi connectivity index (χ3v) is 4.69. The maximum Gasteiger partial charge on any atom is 0.261 e. The van der Waals surface area contributed by atoms with Gasteiger partial charge in [0.1, 0.15) is 5.75 Å². The summed E-state index contributed by atoms with van der Waals surface area (Å²) in [5, 5.41) is 6.00. The fourth-order valence-corrected chi connectivity index (χ4v) is 3.25. The van der Waals surface area contributed by atoms with Gasteiger partial charge < -0.3 is 10.1 Å². The van der Waals surface area contributed by atoms with Crippen molar-refractivity contribution in [3.8, 4) is 5.75 Å². The van der Waals surface area contributed by atoms with Gasteiger partial charge in [0.15, 0.2) is 6.10 Å². The Morgan fingerprint density at radius 2 is 1.77 bits per heavy atom. The van der Waals surface area contributed by atoms with E-state index < -0.39 is 6.10 Å². The summed E-state index contributed by atoms with van der Waals surface area (Å²) in [7, 11) is 0. The highest BCUT2D eigenvalue weighted by Crippen LogP contribution is 2.25. The number of benzene rings is 3. The summed E-state index contributed by atoms with van der Waals surface area (Å²) < 4.78 is 5.82. The first-order valence-electron chi connectivity index (χ1n) is 8.66. The normalized spacial score (nSPS) is 13.2. The number of nitrogens with one attached hydrogen (secondary N) is 1. The highest BCUT2D eigenvalue weighted by atomic mass is 35.5. The monoisotopic (exact) mass is 367 g/mol. The average molecular weight is 368 g/mol. The molecule has 0 saturated heterocycles. The lowest BCUT2D eigenvalue weighted by atomic mass is 9.99. The maximum absolute atomic E-state index is 12.6. The minimum absolute atomic E-state index is 0.119. The van der Waals surface area contributed by atoms with Crippen LogP contribution in [0.15, 0.2) is 60.7 Å². The van der Waals surface area contributed by atoms with Crippen molar-refractivity contribution in [3.63, 3.8) is 0 Å². The van der Waals surface area contributed by atoms with Crippen molar-refractivity contribution < 1.29 is 9.53 Å². The molecule has 3 rings (SSSR count). The van der Waals surface area contributed by atoms with E-state index in [-0.39, 0.29) is 11.9 Å². The highest BCUT2D eigenvalue weighted by molar-refractivity contribution is 6.30. The summed E-state index contributed by atoms with van der Waals surface area (Å²) in [4.78, 5) is 12.6. The van der Waals surface area contributed by atoms with Crippen molar-refractivity contribution in [1.29, 1.82) is 0 Å². The van der Waals surface area contributed by atoms with Gasteiger partial charge >= 0.3 is 0 Å². The van der Waals surface area contributed by atoms with E-state index in [4.69, 9.17) is 16.3 Å². The van der Waals surface area contributed by atoms with Crippen LogP contribution in [0.25, 0.3) is 10.8 Å². The van der Waals surface area contributed by atoms with E-state index in [0.717, 1.165) is 21.9 Å². The molecular weight excluding hydrogens is 346 g/mol. The van der Waals surface area contributed by atoms with Gasteiger partial charge in [-0.3, -0.25) is 4.79 Å². The number of amides is 1. The van der Waals surface area contributed by atoms with E-state index in [1.807, 2.05) is 44.2 Å². The van der Waals surface area contributed by atoms with Gasteiger partial charge in [-0.25, -0.2) is 0 Å². The summed E-state index contributed by atoms with van der Waals surface area (Å²) >= 11 is 5.97. The Labute approximate surface area is 158 Å². The second-order valence-electron chi connectivity index (χ2n) is 6.47. The smallest absolute Gasteiger partial charge is 0.261 e. The molecule has 1 N–H and O–H groups in total. The van der Waals surface area contributed by atoms with Crippen LogP contribution in [0, 0.1) is 6.92 Å². The average Bonchev–Trinajstić information content (AvgIpc) is 2.63. The van der Waals surface area contributed by atoms with E-state index in [0.29, 0.717) is 10.8 Å². The summed E-state index contributed by atoms with van der Waals surface area (Å²) in [5.41, 5.74) is 1.99. The zero-order valence-corrected chi connectivity index (χ0v) is 15.9. The van der Waals surface area contributed by atoms with Gasteiger partial charge in [-0.15, -0.1) is 0 Å². The third kappa shape index (κ3) is 4.00. The maximum atomic E-state index is 12.6. The molecule has 0 bridgehead atoms. The molecular formula is C22H22ClNO2. The van der Waals surface area contributed by atoms with Crippen molar-refractivity contribution >= 4 is 28.3 Å². The van der Waals surface area contributed by atoms with Gasteiger partial charge in [0.25, 0.3) is 5.91 Å². The summed E-state index contributed by atoms with van der Waals surface area (Å²) in [6.45, 7) is 5.64. The van der Waals surface area contributed by atoms with Crippen molar-refractivity contribution in [3.05, 3.63) is 76.8 Å². The van der Waals surface area contributed by atoms with Crippen LogP contribution in [0.3, 0.4) is 0 Å². The predicted octanol–water partition coefficient (Wildman–Crippen LogP) is 5.45. The molecule has 0 saturated carbocycles. The largest absolute Gasteiger partial charge is 0.481 e. The van der Waals surface area contributed by atoms with E-state index in [9.17, 15) is 4.79 Å². The second kappa shape index (κ2) is 7.79. The van der Waals surface area contributed by atoms with Gasteiger partial charge in [0.05, 0.1) is 6.04 Å². The van der Waals surface area contributed by atoms with Gasteiger partial charge in [-0.2, -0.15) is 0 Å². The molecule has 3 aromatic rings. The molecule has 0 spiro atoms. The first-order chi connectivity index (χ1) is 12.5. The van der Waals surface area contributed by atoms with Crippen LogP contribution in [-0.4, -0.2) is 12.0 Å². The lowest BCUT2D eigenvalue weighted by molar-refractivity contribution is -0.127. The molecule has 0 aromatic heterocycles. The van der Waals surface area contributed by atoms with Crippen LogP contribution in [-0.2, 0) is 4.79 Å². The molecule has 0 aliphatic carbocycles. The summed E-state index contributed by atoms with van der Waals surface area (Å²) in [6.07, 6.45) is -0.604. The zero-order chi connectivity index (χ0) is 18.7. The molecule has 0 radical (unpaired) electrons. The fourth-order valence-electron chi connectivity index (χ4n) is 3.03. The Kier molecular flexibility index (Phi) is 5.48. The number of carbonyl (C=O) groups excluding carboxylic acids is 1. The molecule has 3 nitrogen and oxygen atoms in total. The van der Waals surface area contributed by atoms with Gasteiger partial charge in [0, 0.05) is 5.02 Å². The molecule has 0 unspecified atom stereocenters. The number of carbonyl (C=O) groups is 1. The van der Waals surface area contributed by atoms with Crippen LogP contribution >= 0.6 is 11.6 Å². The molecule has 4 heteroatoms. The van der Waals surface area contributed by atoms with Crippen LogP contribution in [0.1, 0.15) is 31.0 Å². The van der Waals surface area contributed by atoms with Crippen molar-refractivity contribution in [2.24, 2.45) is 0 Å². The molecule has 0 heterocycles. The molecule has 0 aliphatic rings. The Bertz CT molecular complexity index is 933. The number of hydrogen-bond acceptors (Lipinski definition) is 2. The minimum atomic E-state index is -0.604. The quantitative estimate of drug-likeness (QED) is 0.651. The van der Waals surface area contributed by atoms with E-state index in [2.05, 4.69) is 23.5 Å². The first-order valence-corrected chi connectivity index (χ1v) is 9.04. The summed E-state index contributed by atoms with van der Waals surface area (Å²) in [5.74, 6) is 0.509. The minimum Gasteiger partial charge on any atom is -0.481 e. The number of ether oxygens (including phenoxy) is 1.